The Labute approximate surface area is 111 Å². The minimum Gasteiger partial charge on any atom is -0.480 e. The van der Waals surface area contributed by atoms with Crippen LogP contribution in [0.15, 0.2) is 54.6 Å². The summed E-state index contributed by atoms with van der Waals surface area (Å²) in [5.74, 6) is -0.938. The van der Waals surface area contributed by atoms with Crippen LogP contribution in [0.25, 0.3) is 0 Å². The van der Waals surface area contributed by atoms with Crippen LogP contribution >= 0.6 is 0 Å². The largest absolute Gasteiger partial charge is 0.480 e. The number of carbonyl (C=O) groups is 1. The molecule has 2 aromatic carbocycles. The Morgan fingerprint density at radius 1 is 1.05 bits per heavy atom. The lowest BCUT2D eigenvalue weighted by molar-refractivity contribution is -0.140. The molecular formula is C16H15NO2. The monoisotopic (exact) mass is 253 g/mol. The van der Waals surface area contributed by atoms with Gasteiger partial charge in [-0.2, -0.15) is 0 Å². The van der Waals surface area contributed by atoms with Crippen molar-refractivity contribution in [1.82, 2.24) is 5.32 Å². The maximum absolute atomic E-state index is 11.5. The van der Waals surface area contributed by atoms with Crippen molar-refractivity contribution in [2.45, 2.75) is 18.5 Å². The van der Waals surface area contributed by atoms with Crippen molar-refractivity contribution in [2.24, 2.45) is 0 Å². The Kier molecular flexibility index (Phi) is 3.05. The Balaban J connectivity index is 2.13. The van der Waals surface area contributed by atoms with Crippen molar-refractivity contribution in [2.75, 3.05) is 0 Å². The number of rotatable bonds is 2. The molecule has 2 atom stereocenters. The third kappa shape index (κ3) is 2.13. The molecule has 96 valence electrons. The highest BCUT2D eigenvalue weighted by Gasteiger charge is 2.34. The van der Waals surface area contributed by atoms with Gasteiger partial charge in [0, 0.05) is 12.5 Å². The van der Waals surface area contributed by atoms with E-state index in [2.05, 4.69) is 11.4 Å². The van der Waals surface area contributed by atoms with E-state index in [4.69, 9.17) is 0 Å². The quantitative estimate of drug-likeness (QED) is 0.864. The van der Waals surface area contributed by atoms with Crippen molar-refractivity contribution < 1.29 is 9.90 Å². The van der Waals surface area contributed by atoms with Gasteiger partial charge in [-0.3, -0.25) is 10.1 Å². The van der Waals surface area contributed by atoms with E-state index in [-0.39, 0.29) is 5.92 Å². The van der Waals surface area contributed by atoms with Crippen LogP contribution in [0.2, 0.25) is 0 Å². The fourth-order valence-electron chi connectivity index (χ4n) is 2.78. The topological polar surface area (TPSA) is 49.3 Å². The van der Waals surface area contributed by atoms with Crippen LogP contribution in [-0.2, 0) is 11.3 Å². The second-order valence-corrected chi connectivity index (χ2v) is 4.78. The minimum absolute atomic E-state index is 0.136. The van der Waals surface area contributed by atoms with Crippen LogP contribution < -0.4 is 5.32 Å². The number of carboxylic acids is 1. The van der Waals surface area contributed by atoms with Crippen LogP contribution in [-0.4, -0.2) is 17.1 Å². The normalized spacial score (nSPS) is 21.7. The number of benzene rings is 2. The summed E-state index contributed by atoms with van der Waals surface area (Å²) in [4.78, 5) is 11.5. The highest BCUT2D eigenvalue weighted by Crippen LogP contribution is 2.33. The lowest BCUT2D eigenvalue weighted by Crippen LogP contribution is -2.45. The Morgan fingerprint density at radius 3 is 2.47 bits per heavy atom. The molecule has 0 bridgehead atoms. The third-order valence-electron chi connectivity index (χ3n) is 3.66. The summed E-state index contributed by atoms with van der Waals surface area (Å²) in [7, 11) is 0. The van der Waals surface area contributed by atoms with E-state index in [0.29, 0.717) is 6.54 Å². The molecule has 0 saturated heterocycles. The average molecular weight is 253 g/mol. The molecule has 0 saturated carbocycles. The first-order chi connectivity index (χ1) is 9.27. The maximum Gasteiger partial charge on any atom is 0.321 e. The van der Waals surface area contributed by atoms with E-state index in [1.165, 1.54) is 5.56 Å². The molecule has 0 spiro atoms. The molecule has 0 fully saturated rings. The lowest BCUT2D eigenvalue weighted by Gasteiger charge is -2.32. The summed E-state index contributed by atoms with van der Waals surface area (Å²) in [6.07, 6.45) is 0. The summed E-state index contributed by atoms with van der Waals surface area (Å²) >= 11 is 0. The standard InChI is InChI=1S/C16H15NO2/c18-16(19)15-14(11-6-2-1-3-7-11)13-9-5-4-8-12(13)10-17-15/h1-9,14-15,17H,10H2,(H,18,19)/t14-,15+/m0/s1. The van der Waals surface area contributed by atoms with Gasteiger partial charge in [-0.25, -0.2) is 0 Å². The van der Waals surface area contributed by atoms with Crippen molar-refractivity contribution in [3.8, 4) is 0 Å². The minimum atomic E-state index is -0.802. The molecular weight excluding hydrogens is 238 g/mol. The van der Waals surface area contributed by atoms with E-state index in [1.807, 2.05) is 48.5 Å². The smallest absolute Gasteiger partial charge is 0.321 e. The van der Waals surface area contributed by atoms with Gasteiger partial charge in [-0.05, 0) is 16.7 Å². The molecule has 1 aliphatic rings. The zero-order valence-corrected chi connectivity index (χ0v) is 10.4. The molecule has 0 amide bonds. The first-order valence-corrected chi connectivity index (χ1v) is 6.36. The van der Waals surface area contributed by atoms with Crippen molar-refractivity contribution in [3.63, 3.8) is 0 Å². The number of nitrogens with one attached hydrogen (secondary N) is 1. The molecule has 3 nitrogen and oxygen atoms in total. The fourth-order valence-corrected chi connectivity index (χ4v) is 2.78. The molecule has 19 heavy (non-hydrogen) atoms. The first kappa shape index (κ1) is 11.9. The summed E-state index contributed by atoms with van der Waals surface area (Å²) in [5.41, 5.74) is 3.32. The van der Waals surface area contributed by atoms with E-state index in [9.17, 15) is 9.90 Å². The Bertz CT molecular complexity index is 595. The molecule has 1 heterocycles. The molecule has 0 aromatic heterocycles. The second kappa shape index (κ2) is 4.86. The van der Waals surface area contributed by atoms with Gasteiger partial charge in [0.2, 0.25) is 0 Å². The van der Waals surface area contributed by atoms with Crippen LogP contribution in [0, 0.1) is 0 Å². The summed E-state index contributed by atoms with van der Waals surface area (Å²) in [5, 5.41) is 12.6. The van der Waals surface area contributed by atoms with Crippen molar-refractivity contribution >= 4 is 5.97 Å². The summed E-state index contributed by atoms with van der Waals surface area (Å²) < 4.78 is 0. The van der Waals surface area contributed by atoms with Gasteiger partial charge in [0.25, 0.3) is 0 Å². The van der Waals surface area contributed by atoms with Crippen molar-refractivity contribution in [1.29, 1.82) is 0 Å². The lowest BCUT2D eigenvalue weighted by atomic mass is 9.80. The number of fused-ring (bicyclic) bond motifs is 1. The zero-order valence-electron chi connectivity index (χ0n) is 10.4. The van der Waals surface area contributed by atoms with Gasteiger partial charge >= 0.3 is 5.97 Å². The third-order valence-corrected chi connectivity index (χ3v) is 3.66. The molecule has 3 heteroatoms. The molecule has 0 radical (unpaired) electrons. The van der Waals surface area contributed by atoms with Crippen LogP contribution in [0.3, 0.4) is 0 Å². The van der Waals surface area contributed by atoms with Gasteiger partial charge in [0.05, 0.1) is 0 Å². The molecule has 2 N–H and O–H groups in total. The molecule has 3 rings (SSSR count). The Hall–Kier alpha value is -2.13. The van der Waals surface area contributed by atoms with Crippen molar-refractivity contribution in [3.05, 3.63) is 71.3 Å². The first-order valence-electron chi connectivity index (χ1n) is 6.36. The van der Waals surface area contributed by atoms with Gasteiger partial charge in [-0.1, -0.05) is 54.6 Å². The van der Waals surface area contributed by atoms with Gasteiger partial charge in [0.15, 0.2) is 0 Å². The van der Waals surface area contributed by atoms with Crippen LogP contribution in [0.4, 0.5) is 0 Å². The molecule has 0 unspecified atom stereocenters. The zero-order chi connectivity index (χ0) is 13.2. The fraction of sp³-hybridized carbons (Fsp3) is 0.188. The molecule has 0 aliphatic carbocycles. The summed E-state index contributed by atoms with van der Waals surface area (Å²) in [6.45, 7) is 0.608. The van der Waals surface area contributed by atoms with E-state index in [1.54, 1.807) is 0 Å². The predicted octanol–water partition coefficient (Wildman–Crippen LogP) is 2.37. The SMILES string of the molecule is O=C(O)[C@@H]1NCc2ccccc2[C@@H]1c1ccccc1. The number of hydrogen-bond donors (Lipinski definition) is 2. The predicted molar refractivity (Wildman–Crippen MR) is 73.0 cm³/mol. The summed E-state index contributed by atoms with van der Waals surface area (Å²) in [6, 6.07) is 17.3. The number of aliphatic carboxylic acids is 1. The van der Waals surface area contributed by atoms with E-state index in [0.717, 1.165) is 11.1 Å². The molecule has 2 aromatic rings. The number of carboxylic acid groups (broad SMARTS) is 1. The van der Waals surface area contributed by atoms with Gasteiger partial charge in [-0.15, -0.1) is 0 Å². The Morgan fingerprint density at radius 2 is 1.74 bits per heavy atom. The highest BCUT2D eigenvalue weighted by atomic mass is 16.4. The van der Waals surface area contributed by atoms with Crippen LogP contribution in [0.5, 0.6) is 0 Å². The van der Waals surface area contributed by atoms with E-state index >= 15 is 0 Å². The average Bonchev–Trinajstić information content (AvgIpc) is 2.46. The maximum atomic E-state index is 11.5. The van der Waals surface area contributed by atoms with Crippen LogP contribution in [0.1, 0.15) is 22.6 Å². The highest BCUT2D eigenvalue weighted by molar-refractivity contribution is 5.76. The van der Waals surface area contributed by atoms with E-state index < -0.39 is 12.0 Å². The number of hydrogen-bond acceptors (Lipinski definition) is 2. The second-order valence-electron chi connectivity index (χ2n) is 4.78. The van der Waals surface area contributed by atoms with Gasteiger partial charge in [0.1, 0.15) is 6.04 Å². The van der Waals surface area contributed by atoms with Gasteiger partial charge < -0.3 is 5.11 Å². The molecule has 1 aliphatic heterocycles.